The molecule has 53 heavy (non-hydrogen) atoms. The third-order valence-electron chi connectivity index (χ3n) is 10.6. The monoisotopic (exact) mass is 776 g/mol. The highest BCUT2D eigenvalue weighted by atomic mass is 31.2. The molecule has 3 N–H and O–H groups in total. The van der Waals surface area contributed by atoms with Crippen LogP contribution in [0.15, 0.2) is 0 Å². The topological polar surface area (TPSA) is 105 Å². The number of likely N-dealkylation sites (N-methyl/N-ethyl adjacent to an activating group) is 1. The number of rotatable bonds is 42. The largest absolute Gasteiger partial charge is 0.472 e. The van der Waals surface area contributed by atoms with Gasteiger partial charge >= 0.3 is 7.82 Å². The quantitative estimate of drug-likeness (QED) is 0.0324. The number of phosphoric ester groups is 1. The molecule has 0 rings (SSSR count). The highest BCUT2D eigenvalue weighted by Gasteiger charge is 2.28. The van der Waals surface area contributed by atoms with E-state index in [0.29, 0.717) is 23.9 Å². The summed E-state index contributed by atoms with van der Waals surface area (Å²) in [6, 6.07) is -0.750. The summed E-state index contributed by atoms with van der Waals surface area (Å²) in [4.78, 5) is 22.9. The molecule has 318 valence electrons. The van der Waals surface area contributed by atoms with Crippen LogP contribution in [0.1, 0.15) is 226 Å². The maximum Gasteiger partial charge on any atom is 0.472 e. The number of hydrogen-bond donors (Lipinski definition) is 3. The molecule has 0 saturated carbocycles. The second-order valence-electron chi connectivity index (χ2n) is 17.1. The van der Waals surface area contributed by atoms with Crippen LogP contribution in [-0.4, -0.2) is 73.4 Å². The molecule has 0 saturated heterocycles. The van der Waals surface area contributed by atoms with Gasteiger partial charge in [-0.2, -0.15) is 0 Å². The van der Waals surface area contributed by atoms with E-state index in [-0.39, 0.29) is 19.1 Å². The average molecular weight is 776 g/mol. The maximum atomic E-state index is 12.8. The number of phosphoric acid groups is 1. The van der Waals surface area contributed by atoms with E-state index in [2.05, 4.69) is 19.2 Å². The first-order valence-corrected chi connectivity index (χ1v) is 24.4. The Morgan fingerprint density at radius 3 is 1.26 bits per heavy atom. The summed E-state index contributed by atoms with van der Waals surface area (Å²) in [6.07, 6.45) is 40.5. The van der Waals surface area contributed by atoms with E-state index in [9.17, 15) is 19.4 Å². The summed E-state index contributed by atoms with van der Waals surface area (Å²) in [6.45, 7) is 4.82. The van der Waals surface area contributed by atoms with Gasteiger partial charge in [-0.3, -0.25) is 13.8 Å². The van der Waals surface area contributed by atoms with Gasteiger partial charge in [0.15, 0.2) is 0 Å². The first-order chi connectivity index (χ1) is 25.5. The number of quaternary nitrogens is 1. The van der Waals surface area contributed by atoms with Crippen LogP contribution in [0.5, 0.6) is 0 Å². The van der Waals surface area contributed by atoms with Crippen LogP contribution in [0.25, 0.3) is 0 Å². The zero-order chi connectivity index (χ0) is 39.3. The lowest BCUT2D eigenvalue weighted by Gasteiger charge is -2.26. The number of nitrogens with one attached hydrogen (secondary N) is 1. The second kappa shape index (κ2) is 37.1. The lowest BCUT2D eigenvalue weighted by molar-refractivity contribution is -0.870. The van der Waals surface area contributed by atoms with E-state index < -0.39 is 20.0 Å². The predicted molar refractivity (Wildman–Crippen MR) is 226 cm³/mol. The lowest BCUT2D eigenvalue weighted by Crippen LogP contribution is -2.46. The van der Waals surface area contributed by atoms with Crippen molar-refractivity contribution in [2.45, 2.75) is 238 Å². The molecule has 0 bridgehead atoms. The Bertz CT molecular complexity index is 839. The van der Waals surface area contributed by atoms with Gasteiger partial charge in [-0.25, -0.2) is 4.57 Å². The number of carbonyl (C=O) groups is 1. The molecule has 0 aromatic heterocycles. The zero-order valence-corrected chi connectivity index (χ0v) is 36.9. The first kappa shape index (κ1) is 52.5. The fraction of sp³-hybridized carbons (Fsp3) is 0.977. The van der Waals surface area contributed by atoms with Crippen molar-refractivity contribution in [2.24, 2.45) is 0 Å². The Balaban J connectivity index is 3.88. The van der Waals surface area contributed by atoms with Crippen molar-refractivity contribution in [3.63, 3.8) is 0 Å². The van der Waals surface area contributed by atoms with Gasteiger partial charge < -0.3 is 19.8 Å². The maximum absolute atomic E-state index is 12.8. The Hall–Kier alpha value is -0.500. The van der Waals surface area contributed by atoms with Crippen molar-refractivity contribution in [2.75, 3.05) is 40.9 Å². The average Bonchev–Trinajstić information content (AvgIpc) is 3.10. The third kappa shape index (κ3) is 39.5. The van der Waals surface area contributed by atoms with Gasteiger partial charge in [0.05, 0.1) is 39.9 Å². The molecule has 9 heteroatoms. The summed E-state index contributed by atoms with van der Waals surface area (Å²) < 4.78 is 23.4. The van der Waals surface area contributed by atoms with Gasteiger partial charge in [0.2, 0.25) is 5.91 Å². The normalized spacial score (nSPS) is 14.3. The molecule has 3 atom stereocenters. The Labute approximate surface area is 329 Å². The number of unbranched alkanes of at least 4 members (excludes halogenated alkanes) is 29. The molecule has 0 heterocycles. The van der Waals surface area contributed by atoms with E-state index in [1.807, 2.05) is 21.1 Å². The first-order valence-electron chi connectivity index (χ1n) is 22.9. The van der Waals surface area contributed by atoms with Gasteiger partial charge in [0.1, 0.15) is 13.2 Å². The minimum atomic E-state index is -4.29. The van der Waals surface area contributed by atoms with Crippen molar-refractivity contribution >= 4 is 13.7 Å². The minimum absolute atomic E-state index is 0.0773. The van der Waals surface area contributed by atoms with Gasteiger partial charge in [-0.1, -0.05) is 206 Å². The number of aliphatic hydroxyl groups is 1. The van der Waals surface area contributed by atoms with Crippen LogP contribution in [0.3, 0.4) is 0 Å². The fourth-order valence-electron chi connectivity index (χ4n) is 6.93. The van der Waals surface area contributed by atoms with Crippen LogP contribution >= 0.6 is 7.82 Å². The highest BCUT2D eigenvalue weighted by Crippen LogP contribution is 2.43. The molecule has 0 fully saturated rings. The third-order valence-corrected chi connectivity index (χ3v) is 11.6. The van der Waals surface area contributed by atoms with E-state index in [0.717, 1.165) is 51.4 Å². The predicted octanol–water partition coefficient (Wildman–Crippen LogP) is 12.6. The zero-order valence-electron chi connectivity index (χ0n) is 36.0. The van der Waals surface area contributed by atoms with Crippen molar-refractivity contribution in [1.29, 1.82) is 0 Å². The van der Waals surface area contributed by atoms with Gasteiger partial charge in [-0.15, -0.1) is 0 Å². The standard InChI is InChI=1S/C44H91N2O6P/c1-6-8-10-12-13-14-15-16-17-18-19-20-21-22-23-24-25-26-27-28-29-30-31-32-34-36-38-44(48)45-42(43(47)37-35-33-11-9-7-2)41-52-53(49,50)51-40-39-46(3,4)5/h42-43,47H,6-41H2,1-5H3,(H-,45,48,49,50)/p+1. The smallest absolute Gasteiger partial charge is 0.391 e. The number of carbonyl (C=O) groups excluding carboxylic acids is 1. The Morgan fingerprint density at radius 1 is 0.566 bits per heavy atom. The van der Waals surface area contributed by atoms with Gasteiger partial charge in [0, 0.05) is 6.42 Å². The van der Waals surface area contributed by atoms with E-state index >= 15 is 0 Å². The van der Waals surface area contributed by atoms with Crippen LogP contribution in [-0.2, 0) is 18.4 Å². The lowest BCUT2D eigenvalue weighted by atomic mass is 10.0. The molecule has 0 radical (unpaired) electrons. The molecular formula is C44H92N2O6P+. The molecule has 0 spiro atoms. The molecule has 3 unspecified atom stereocenters. The van der Waals surface area contributed by atoms with Gasteiger partial charge in [-0.05, 0) is 12.8 Å². The number of aliphatic hydroxyl groups excluding tert-OH is 1. The Kier molecular flexibility index (Phi) is 36.7. The van der Waals surface area contributed by atoms with Crippen LogP contribution < -0.4 is 5.32 Å². The van der Waals surface area contributed by atoms with E-state index in [1.54, 1.807) is 0 Å². The van der Waals surface area contributed by atoms with Crippen LogP contribution in [0.4, 0.5) is 0 Å². The second-order valence-corrected chi connectivity index (χ2v) is 18.6. The van der Waals surface area contributed by atoms with Crippen molar-refractivity contribution in [1.82, 2.24) is 5.32 Å². The van der Waals surface area contributed by atoms with Gasteiger partial charge in [0.25, 0.3) is 0 Å². The van der Waals surface area contributed by atoms with Crippen molar-refractivity contribution < 1.29 is 32.9 Å². The molecule has 0 aromatic carbocycles. The summed E-state index contributed by atoms with van der Waals surface area (Å²) in [7, 11) is 1.62. The number of amides is 1. The number of hydrogen-bond acceptors (Lipinski definition) is 5. The molecular weight excluding hydrogens is 683 g/mol. The molecule has 1 amide bonds. The van der Waals surface area contributed by atoms with Crippen LogP contribution in [0, 0.1) is 0 Å². The van der Waals surface area contributed by atoms with Crippen molar-refractivity contribution in [3.8, 4) is 0 Å². The minimum Gasteiger partial charge on any atom is -0.391 e. The highest BCUT2D eigenvalue weighted by molar-refractivity contribution is 7.47. The molecule has 0 aromatic rings. The van der Waals surface area contributed by atoms with E-state index in [1.165, 1.54) is 148 Å². The van der Waals surface area contributed by atoms with E-state index in [4.69, 9.17) is 9.05 Å². The summed E-state index contributed by atoms with van der Waals surface area (Å²) >= 11 is 0. The Morgan fingerprint density at radius 2 is 0.906 bits per heavy atom. The summed E-state index contributed by atoms with van der Waals surface area (Å²) in [5.74, 6) is -0.147. The number of nitrogens with zero attached hydrogens (tertiary/aromatic N) is 1. The fourth-order valence-corrected chi connectivity index (χ4v) is 7.67. The molecule has 0 aliphatic heterocycles. The van der Waals surface area contributed by atoms with Crippen LogP contribution in [0.2, 0.25) is 0 Å². The SMILES string of the molecule is CCCCCCCCCCCCCCCCCCCCCCCCCCCCC(=O)NC(COP(=O)(O)OCC[N+](C)(C)C)C(O)CCCCCCC. The summed E-state index contributed by atoms with van der Waals surface area (Å²) in [5, 5.41) is 13.7. The molecule has 8 nitrogen and oxygen atoms in total. The van der Waals surface area contributed by atoms with Crippen molar-refractivity contribution in [3.05, 3.63) is 0 Å². The summed E-state index contributed by atoms with van der Waals surface area (Å²) in [5.41, 5.74) is 0. The molecule has 0 aliphatic rings. The molecule has 0 aliphatic carbocycles.